The lowest BCUT2D eigenvalue weighted by molar-refractivity contribution is 0.0108. The van der Waals surface area contributed by atoms with Crippen molar-refractivity contribution in [3.05, 3.63) is 0 Å². The Balaban J connectivity index is 4.50. The predicted molar refractivity (Wildman–Crippen MR) is 60.5 cm³/mol. The van der Waals surface area contributed by atoms with Crippen molar-refractivity contribution in [1.29, 1.82) is 0 Å². The second-order valence-corrected chi connectivity index (χ2v) is 6.23. The monoisotopic (exact) mass is 237 g/mol. The molecule has 2 N–H and O–H groups in total. The van der Waals surface area contributed by atoms with Gasteiger partial charge >= 0.3 is 8.80 Å². The zero-order chi connectivity index (χ0) is 11.7. The van der Waals surface area contributed by atoms with Crippen LogP contribution in [0.3, 0.4) is 0 Å². The van der Waals surface area contributed by atoms with Crippen LogP contribution in [-0.2, 0) is 18.0 Å². The topological polar surface area (TPSA) is 62.9 Å². The van der Waals surface area contributed by atoms with E-state index in [2.05, 4.69) is 6.92 Å². The molecule has 5 nitrogen and oxygen atoms in total. The highest BCUT2D eigenvalue weighted by molar-refractivity contribution is 6.62. The van der Waals surface area contributed by atoms with Gasteiger partial charge in [0.1, 0.15) is 5.73 Å². The summed E-state index contributed by atoms with van der Waals surface area (Å²) < 4.78 is 21.8. The summed E-state index contributed by atoms with van der Waals surface area (Å²) in [6, 6.07) is 0. The largest absolute Gasteiger partial charge is 0.530 e. The average molecular weight is 237 g/mol. The Morgan fingerprint density at radius 1 is 1.13 bits per heavy atom. The predicted octanol–water partition coefficient (Wildman–Crippen LogP) is 0.548. The highest BCUT2D eigenvalue weighted by Crippen LogP contribution is 2.18. The molecule has 0 saturated heterocycles. The van der Waals surface area contributed by atoms with Gasteiger partial charge in [-0.3, -0.25) is 0 Å². The zero-order valence-corrected chi connectivity index (χ0v) is 11.1. The molecule has 0 bridgehead atoms. The number of hydrogen-bond acceptors (Lipinski definition) is 5. The van der Waals surface area contributed by atoms with Crippen LogP contribution in [0.25, 0.3) is 0 Å². The second-order valence-electron chi connectivity index (χ2n) is 3.15. The highest BCUT2D eigenvalue weighted by atomic mass is 28.4. The Morgan fingerprint density at radius 2 is 1.67 bits per heavy atom. The summed E-state index contributed by atoms with van der Waals surface area (Å²) in [6.07, 6.45) is 1.63. The zero-order valence-electron chi connectivity index (χ0n) is 10.1. The van der Waals surface area contributed by atoms with Crippen LogP contribution in [0.1, 0.15) is 19.8 Å². The maximum Gasteiger partial charge on any atom is 0.530 e. The molecular formula is C9H23NO4Si. The van der Waals surface area contributed by atoms with Crippen LogP contribution >= 0.6 is 0 Å². The van der Waals surface area contributed by atoms with Crippen molar-refractivity contribution in [2.75, 3.05) is 34.5 Å². The molecule has 0 aromatic heterocycles. The normalized spacial score (nSPS) is 14.2. The van der Waals surface area contributed by atoms with Gasteiger partial charge in [0.2, 0.25) is 0 Å². The smallest absolute Gasteiger partial charge is 0.375 e. The van der Waals surface area contributed by atoms with Gasteiger partial charge in [-0.15, -0.1) is 0 Å². The van der Waals surface area contributed by atoms with Gasteiger partial charge in [0.25, 0.3) is 0 Å². The third-order valence-corrected chi connectivity index (χ3v) is 5.15. The van der Waals surface area contributed by atoms with Gasteiger partial charge in [0.05, 0.1) is 0 Å². The number of hydrogen-bond donors (Lipinski definition) is 1. The molecule has 0 fully saturated rings. The van der Waals surface area contributed by atoms with Crippen LogP contribution in [-0.4, -0.2) is 49.0 Å². The van der Waals surface area contributed by atoms with Crippen molar-refractivity contribution >= 4 is 8.80 Å². The lowest BCUT2D eigenvalue weighted by atomic mass is 10.4. The second kappa shape index (κ2) is 8.20. The maximum absolute atomic E-state index is 5.68. The first-order chi connectivity index (χ1) is 7.20. The summed E-state index contributed by atoms with van der Waals surface area (Å²) in [7, 11) is 2.04. The number of rotatable bonds is 9. The van der Waals surface area contributed by atoms with Crippen molar-refractivity contribution in [3.63, 3.8) is 0 Å². The van der Waals surface area contributed by atoms with Crippen LogP contribution < -0.4 is 5.73 Å². The molecule has 0 aliphatic carbocycles. The van der Waals surface area contributed by atoms with Gasteiger partial charge in [0.15, 0.2) is 0 Å². The Labute approximate surface area is 93.2 Å². The van der Waals surface area contributed by atoms with Gasteiger partial charge in [-0.25, -0.2) is 0 Å². The lowest BCUT2D eigenvalue weighted by Crippen LogP contribution is -2.56. The van der Waals surface area contributed by atoms with E-state index in [9.17, 15) is 0 Å². The molecule has 0 aromatic rings. The molecule has 0 rings (SSSR count). The van der Waals surface area contributed by atoms with Crippen molar-refractivity contribution in [2.45, 2.75) is 25.5 Å². The molecule has 15 heavy (non-hydrogen) atoms. The first-order valence-electron chi connectivity index (χ1n) is 5.17. The number of nitrogens with two attached hydrogens (primary N) is 1. The average Bonchev–Trinajstić information content (AvgIpc) is 2.28. The van der Waals surface area contributed by atoms with E-state index < -0.39 is 8.80 Å². The van der Waals surface area contributed by atoms with Gasteiger partial charge in [0, 0.05) is 27.9 Å². The molecule has 0 radical (unpaired) electrons. The quantitative estimate of drug-likeness (QED) is 0.593. The minimum atomic E-state index is -2.71. The third kappa shape index (κ3) is 4.18. The van der Waals surface area contributed by atoms with Crippen LogP contribution in [0.2, 0.25) is 0 Å². The van der Waals surface area contributed by atoms with Crippen molar-refractivity contribution in [1.82, 2.24) is 0 Å². The van der Waals surface area contributed by atoms with Crippen LogP contribution in [0, 0.1) is 0 Å². The van der Waals surface area contributed by atoms with Crippen LogP contribution in [0.15, 0.2) is 0 Å². The Hall–Kier alpha value is 0.0169. The molecule has 0 heterocycles. The molecule has 1 atom stereocenters. The van der Waals surface area contributed by atoms with Gasteiger partial charge in [-0.05, 0) is 19.4 Å². The highest BCUT2D eigenvalue weighted by Gasteiger charge is 2.48. The molecule has 6 heteroatoms. The van der Waals surface area contributed by atoms with Crippen LogP contribution in [0.5, 0.6) is 0 Å². The summed E-state index contributed by atoms with van der Waals surface area (Å²) in [5, 5.41) is 0. The fourth-order valence-electron chi connectivity index (χ4n) is 1.42. The Morgan fingerprint density at radius 3 is 2.00 bits per heavy atom. The van der Waals surface area contributed by atoms with E-state index in [0.717, 1.165) is 6.42 Å². The summed E-state index contributed by atoms with van der Waals surface area (Å²) in [4.78, 5) is 0. The maximum atomic E-state index is 5.68. The molecule has 1 unspecified atom stereocenters. The standard InChI is InChI=1S/C9H23NO4Si/c1-5-8-14-9(6-7-10)15(11-2,12-3)13-4/h9H,5-8,10H2,1-4H3. The summed E-state index contributed by atoms with van der Waals surface area (Å²) in [5.41, 5.74) is 5.36. The van der Waals surface area contributed by atoms with Crippen molar-refractivity contribution in [2.24, 2.45) is 5.73 Å². The van der Waals surface area contributed by atoms with Crippen LogP contribution in [0.4, 0.5) is 0 Å². The molecule has 0 aromatic carbocycles. The van der Waals surface area contributed by atoms with Gasteiger partial charge in [-0.2, -0.15) is 0 Å². The SMILES string of the molecule is CCCOC(CCN)[Si](OC)(OC)OC. The Kier molecular flexibility index (Phi) is 8.21. The van der Waals surface area contributed by atoms with Crippen molar-refractivity contribution < 1.29 is 18.0 Å². The van der Waals surface area contributed by atoms with E-state index in [1.807, 2.05) is 0 Å². The van der Waals surface area contributed by atoms with E-state index >= 15 is 0 Å². The Bertz CT molecular complexity index is 147. The van der Waals surface area contributed by atoms with E-state index in [4.69, 9.17) is 23.7 Å². The minimum Gasteiger partial charge on any atom is -0.375 e. The summed E-state index contributed by atoms with van der Waals surface area (Å²) in [6.45, 7) is 3.24. The fraction of sp³-hybridized carbons (Fsp3) is 1.00. The van der Waals surface area contributed by atoms with Crippen molar-refractivity contribution in [3.8, 4) is 0 Å². The van der Waals surface area contributed by atoms with E-state index in [0.29, 0.717) is 19.6 Å². The molecule has 0 aliphatic heterocycles. The van der Waals surface area contributed by atoms with E-state index in [1.165, 1.54) is 0 Å². The summed E-state index contributed by atoms with van der Waals surface area (Å²) in [5.74, 6) is 0. The van der Waals surface area contributed by atoms with Gasteiger partial charge < -0.3 is 23.7 Å². The van der Waals surface area contributed by atoms with E-state index in [-0.39, 0.29) is 5.73 Å². The fourth-order valence-corrected chi connectivity index (χ4v) is 3.55. The molecule has 0 saturated carbocycles. The molecule has 92 valence electrons. The minimum absolute atomic E-state index is 0.178. The third-order valence-electron chi connectivity index (χ3n) is 2.20. The molecule has 0 amide bonds. The molecule has 0 aliphatic rings. The molecule has 0 spiro atoms. The first kappa shape index (κ1) is 15.0. The lowest BCUT2D eigenvalue weighted by Gasteiger charge is -2.31. The summed E-state index contributed by atoms with van der Waals surface area (Å²) >= 11 is 0. The van der Waals surface area contributed by atoms with Gasteiger partial charge in [-0.1, -0.05) is 6.92 Å². The number of ether oxygens (including phenoxy) is 1. The first-order valence-corrected chi connectivity index (χ1v) is 6.98. The molecular weight excluding hydrogens is 214 g/mol. The van der Waals surface area contributed by atoms with E-state index in [1.54, 1.807) is 21.3 Å².